The van der Waals surface area contributed by atoms with Crippen molar-refractivity contribution in [3.8, 4) is 34.4 Å². The zero-order valence-corrected chi connectivity index (χ0v) is 27.6. The summed E-state index contributed by atoms with van der Waals surface area (Å²) in [7, 11) is 0. The molecule has 0 radical (unpaired) electrons. The summed E-state index contributed by atoms with van der Waals surface area (Å²) in [4.78, 5) is 12.7. The van der Waals surface area contributed by atoms with Crippen molar-refractivity contribution in [2.75, 3.05) is 52.5 Å². The number of hydrogen-bond donors (Lipinski definition) is 1. The van der Waals surface area contributed by atoms with Crippen molar-refractivity contribution in [2.24, 2.45) is 0 Å². The van der Waals surface area contributed by atoms with E-state index in [2.05, 4.69) is 42.5 Å². The number of imidazole rings is 1. The van der Waals surface area contributed by atoms with Gasteiger partial charge in [0.1, 0.15) is 28.6 Å². The molecule has 0 saturated carbocycles. The van der Waals surface area contributed by atoms with Crippen molar-refractivity contribution < 1.29 is 40.6 Å². The van der Waals surface area contributed by atoms with Crippen LogP contribution in [0.15, 0.2) is 54.6 Å². The highest BCUT2D eigenvalue weighted by Crippen LogP contribution is 2.39. The second-order valence-corrected chi connectivity index (χ2v) is 11.2. The minimum absolute atomic E-state index is 0.0555. The molecular weight excluding hydrogens is 638 g/mol. The summed E-state index contributed by atoms with van der Waals surface area (Å²) in [5.74, 6) is 1.17. The third-order valence-electron chi connectivity index (χ3n) is 8.00. The van der Waals surface area contributed by atoms with Crippen LogP contribution in [0.3, 0.4) is 0 Å². The number of halogens is 6. The van der Waals surface area contributed by atoms with E-state index >= 15 is 0 Å². The Balaban J connectivity index is 1.55. The van der Waals surface area contributed by atoms with Crippen LogP contribution in [0.5, 0.6) is 23.0 Å². The SMILES string of the molecule is CCN(CC)CCCOc1cc(OCCCN(CC)CC)c2nc(-c3ccc(Oc4cc(C(F)(F)F)cc(C(F)(F)F)c4)cc3)[nH]c2c1. The van der Waals surface area contributed by atoms with Gasteiger partial charge in [-0.2, -0.15) is 26.3 Å². The highest BCUT2D eigenvalue weighted by atomic mass is 19.4. The van der Waals surface area contributed by atoms with Crippen molar-refractivity contribution in [3.63, 3.8) is 0 Å². The third kappa shape index (κ3) is 10.0. The molecule has 48 heavy (non-hydrogen) atoms. The number of hydrogen-bond acceptors (Lipinski definition) is 6. The van der Waals surface area contributed by atoms with E-state index in [1.165, 1.54) is 12.1 Å². The van der Waals surface area contributed by atoms with E-state index in [9.17, 15) is 26.3 Å². The maximum atomic E-state index is 13.3. The van der Waals surface area contributed by atoms with Crippen LogP contribution in [0.4, 0.5) is 26.3 Å². The monoisotopic (exact) mass is 680 g/mol. The van der Waals surface area contributed by atoms with Crippen LogP contribution >= 0.6 is 0 Å². The number of rotatable bonds is 17. The molecule has 1 N–H and O–H groups in total. The number of fused-ring (bicyclic) bond motifs is 1. The van der Waals surface area contributed by atoms with E-state index in [-0.39, 0.29) is 11.8 Å². The van der Waals surface area contributed by atoms with Gasteiger partial charge in [0, 0.05) is 30.8 Å². The average Bonchev–Trinajstić information content (AvgIpc) is 3.49. The molecule has 4 aromatic rings. The van der Waals surface area contributed by atoms with Crippen molar-refractivity contribution in [1.29, 1.82) is 0 Å². The molecule has 1 aromatic heterocycles. The van der Waals surface area contributed by atoms with Gasteiger partial charge in [-0.05, 0) is 81.5 Å². The van der Waals surface area contributed by atoms with E-state index in [1.807, 2.05) is 12.1 Å². The number of H-pyrrole nitrogens is 1. The first kappa shape index (κ1) is 36.9. The standard InChI is InChI=1S/C35H42F6N4O3/c1-5-44(6-2)15-9-17-46-28-22-30-32(31(23-28)47-18-10-16-45(7-3)8-4)43-33(42-30)24-11-13-27(14-12-24)48-29-20-25(34(36,37)38)19-26(21-29)35(39,40)41/h11-14,19-23H,5-10,15-18H2,1-4H3,(H,42,43). The molecule has 0 aliphatic rings. The Hall–Kier alpha value is -3.97. The van der Waals surface area contributed by atoms with Crippen LogP contribution in [0, 0.1) is 0 Å². The lowest BCUT2D eigenvalue weighted by molar-refractivity contribution is -0.143. The van der Waals surface area contributed by atoms with Gasteiger partial charge in [0.25, 0.3) is 0 Å². The Morgan fingerprint density at radius 2 is 1.19 bits per heavy atom. The van der Waals surface area contributed by atoms with E-state index in [1.54, 1.807) is 12.1 Å². The second-order valence-electron chi connectivity index (χ2n) is 11.2. The van der Waals surface area contributed by atoms with Crippen LogP contribution in [-0.2, 0) is 12.4 Å². The van der Waals surface area contributed by atoms with Crippen molar-refractivity contribution in [2.45, 2.75) is 52.9 Å². The Morgan fingerprint density at radius 3 is 1.71 bits per heavy atom. The number of benzene rings is 3. The minimum Gasteiger partial charge on any atom is -0.493 e. The van der Waals surface area contributed by atoms with Gasteiger partial charge >= 0.3 is 12.4 Å². The van der Waals surface area contributed by atoms with Gasteiger partial charge in [-0.1, -0.05) is 27.7 Å². The zero-order chi connectivity index (χ0) is 34.9. The van der Waals surface area contributed by atoms with E-state index in [0.29, 0.717) is 59.3 Å². The largest absolute Gasteiger partial charge is 0.493 e. The zero-order valence-electron chi connectivity index (χ0n) is 27.6. The van der Waals surface area contributed by atoms with Crippen LogP contribution in [0.1, 0.15) is 51.7 Å². The lowest BCUT2D eigenvalue weighted by Gasteiger charge is -2.18. The number of aromatic amines is 1. The summed E-state index contributed by atoms with van der Waals surface area (Å²) < 4.78 is 97.4. The molecule has 0 aliphatic heterocycles. The Morgan fingerprint density at radius 1 is 0.646 bits per heavy atom. The number of nitrogens with zero attached hydrogens (tertiary/aromatic N) is 3. The molecule has 13 heteroatoms. The van der Waals surface area contributed by atoms with Crippen LogP contribution in [0.2, 0.25) is 0 Å². The maximum Gasteiger partial charge on any atom is 0.416 e. The topological polar surface area (TPSA) is 62.9 Å². The van der Waals surface area contributed by atoms with Crippen molar-refractivity contribution in [1.82, 2.24) is 19.8 Å². The first-order valence-electron chi connectivity index (χ1n) is 16.2. The fourth-order valence-corrected chi connectivity index (χ4v) is 5.22. The van der Waals surface area contributed by atoms with Crippen LogP contribution < -0.4 is 14.2 Å². The molecule has 0 fully saturated rings. The first-order chi connectivity index (χ1) is 22.8. The van der Waals surface area contributed by atoms with Gasteiger partial charge in [-0.25, -0.2) is 4.98 Å². The summed E-state index contributed by atoms with van der Waals surface area (Å²) in [5.41, 5.74) is -0.997. The molecule has 0 bridgehead atoms. The first-order valence-corrected chi connectivity index (χ1v) is 16.2. The number of alkyl halides is 6. The third-order valence-corrected chi connectivity index (χ3v) is 8.00. The number of ether oxygens (including phenoxy) is 3. The van der Waals surface area contributed by atoms with Crippen LogP contribution in [0.25, 0.3) is 22.4 Å². The molecular formula is C35H42F6N4O3. The van der Waals surface area contributed by atoms with Crippen molar-refractivity contribution in [3.05, 3.63) is 65.7 Å². The fourth-order valence-electron chi connectivity index (χ4n) is 5.22. The molecule has 3 aromatic carbocycles. The molecule has 4 rings (SSSR count). The summed E-state index contributed by atoms with van der Waals surface area (Å²) >= 11 is 0. The summed E-state index contributed by atoms with van der Waals surface area (Å²) in [6, 6.07) is 10.9. The molecule has 7 nitrogen and oxygen atoms in total. The number of nitrogens with one attached hydrogen (secondary N) is 1. The van der Waals surface area contributed by atoms with E-state index < -0.39 is 29.2 Å². The van der Waals surface area contributed by atoms with Gasteiger partial charge < -0.3 is 29.0 Å². The summed E-state index contributed by atoms with van der Waals surface area (Å²) in [6.45, 7) is 15.2. The lowest BCUT2D eigenvalue weighted by atomic mass is 10.1. The number of aromatic nitrogens is 2. The molecule has 0 unspecified atom stereocenters. The predicted octanol–water partition coefficient (Wildman–Crippen LogP) is 9.28. The molecule has 0 spiro atoms. The van der Waals surface area contributed by atoms with Gasteiger partial charge in [0.2, 0.25) is 0 Å². The van der Waals surface area contributed by atoms with Gasteiger partial charge in [0.05, 0.1) is 29.9 Å². The Labute approximate surface area is 276 Å². The Bertz CT molecular complexity index is 1560. The van der Waals surface area contributed by atoms with E-state index in [0.717, 1.165) is 52.1 Å². The molecule has 0 aliphatic carbocycles. The summed E-state index contributed by atoms with van der Waals surface area (Å²) in [6.07, 6.45) is -8.27. The predicted molar refractivity (Wildman–Crippen MR) is 174 cm³/mol. The quantitative estimate of drug-likeness (QED) is 0.0887. The highest BCUT2D eigenvalue weighted by molar-refractivity contribution is 5.86. The minimum atomic E-state index is -4.98. The molecule has 0 atom stereocenters. The second kappa shape index (κ2) is 16.4. The Kier molecular flexibility index (Phi) is 12.6. The normalized spacial score (nSPS) is 12.3. The molecule has 0 amide bonds. The molecule has 0 saturated heterocycles. The van der Waals surface area contributed by atoms with E-state index in [4.69, 9.17) is 19.2 Å². The van der Waals surface area contributed by atoms with Crippen molar-refractivity contribution >= 4 is 11.0 Å². The van der Waals surface area contributed by atoms with Crippen LogP contribution in [-0.4, -0.2) is 72.3 Å². The smallest absolute Gasteiger partial charge is 0.416 e. The molecule has 262 valence electrons. The average molecular weight is 681 g/mol. The summed E-state index contributed by atoms with van der Waals surface area (Å²) in [5, 5.41) is 0. The fraction of sp³-hybridized carbons (Fsp3) is 0.457. The van der Waals surface area contributed by atoms with Gasteiger partial charge in [-0.3, -0.25) is 0 Å². The highest BCUT2D eigenvalue weighted by Gasteiger charge is 2.37. The lowest BCUT2D eigenvalue weighted by Crippen LogP contribution is -2.25. The molecule has 1 heterocycles. The van der Waals surface area contributed by atoms with Gasteiger partial charge in [0.15, 0.2) is 5.75 Å². The van der Waals surface area contributed by atoms with Gasteiger partial charge in [-0.15, -0.1) is 0 Å². The maximum absolute atomic E-state index is 13.3.